The van der Waals surface area contributed by atoms with Crippen LogP contribution in [0.4, 0.5) is 11.4 Å². The van der Waals surface area contributed by atoms with Gasteiger partial charge in [-0.3, -0.25) is 9.59 Å². The van der Waals surface area contributed by atoms with Crippen LogP contribution < -0.4 is 20.1 Å². The van der Waals surface area contributed by atoms with Crippen molar-refractivity contribution < 1.29 is 19.1 Å². The van der Waals surface area contributed by atoms with Gasteiger partial charge >= 0.3 is 0 Å². The van der Waals surface area contributed by atoms with E-state index < -0.39 is 6.04 Å². The van der Waals surface area contributed by atoms with Gasteiger partial charge in [-0.1, -0.05) is 12.1 Å². The van der Waals surface area contributed by atoms with E-state index in [4.69, 9.17) is 9.47 Å². The number of Topliss-reactive ketones (excluding diaryl/α,β-unsaturated/α-hetero) is 1. The molecule has 0 unspecified atom stereocenters. The quantitative estimate of drug-likeness (QED) is 0.707. The van der Waals surface area contributed by atoms with Crippen LogP contribution in [0.1, 0.15) is 43.6 Å². The first-order valence-electron chi connectivity index (χ1n) is 9.52. The summed E-state index contributed by atoms with van der Waals surface area (Å²) in [5, 5.41) is 6.06. The van der Waals surface area contributed by atoms with Gasteiger partial charge in [0.15, 0.2) is 5.78 Å². The van der Waals surface area contributed by atoms with Gasteiger partial charge in [-0.2, -0.15) is 0 Å². The van der Waals surface area contributed by atoms with Gasteiger partial charge < -0.3 is 20.1 Å². The number of rotatable bonds is 7. The maximum absolute atomic E-state index is 12.6. The summed E-state index contributed by atoms with van der Waals surface area (Å²) in [5.74, 6) is 1.27. The molecule has 2 atom stereocenters. The number of fused-ring (bicyclic) bond motifs is 1. The summed E-state index contributed by atoms with van der Waals surface area (Å²) in [6.07, 6.45) is 0.979. The van der Waals surface area contributed by atoms with Crippen molar-refractivity contribution in [1.29, 1.82) is 0 Å². The van der Waals surface area contributed by atoms with Crippen LogP contribution in [0, 0.1) is 0 Å². The average Bonchev–Trinajstić information content (AvgIpc) is 3.01. The summed E-state index contributed by atoms with van der Waals surface area (Å²) in [6, 6.07) is 10.2. The Morgan fingerprint density at radius 3 is 2.79 bits per heavy atom. The lowest BCUT2D eigenvalue weighted by Gasteiger charge is -2.19. The molecule has 1 heterocycles. The largest absolute Gasteiger partial charge is 0.492 e. The first-order valence-corrected chi connectivity index (χ1v) is 9.52. The molecule has 0 spiro atoms. The van der Waals surface area contributed by atoms with E-state index >= 15 is 0 Å². The maximum Gasteiger partial charge on any atom is 0.246 e. The van der Waals surface area contributed by atoms with E-state index in [1.807, 2.05) is 26.0 Å². The van der Waals surface area contributed by atoms with E-state index in [2.05, 4.69) is 10.6 Å². The van der Waals surface area contributed by atoms with E-state index in [9.17, 15) is 9.59 Å². The molecule has 6 nitrogen and oxygen atoms in total. The summed E-state index contributed by atoms with van der Waals surface area (Å²) in [5.41, 5.74) is 2.97. The molecule has 2 aromatic carbocycles. The third kappa shape index (κ3) is 4.44. The number of hydrogen-bond acceptors (Lipinski definition) is 5. The third-order valence-electron chi connectivity index (χ3n) is 4.60. The van der Waals surface area contributed by atoms with Gasteiger partial charge in [0.2, 0.25) is 5.91 Å². The Labute approximate surface area is 165 Å². The van der Waals surface area contributed by atoms with E-state index in [1.165, 1.54) is 6.92 Å². The van der Waals surface area contributed by atoms with Gasteiger partial charge in [0.1, 0.15) is 23.6 Å². The highest BCUT2D eigenvalue weighted by Gasteiger charge is 2.23. The monoisotopic (exact) mass is 382 g/mol. The minimum Gasteiger partial charge on any atom is -0.492 e. The number of ketones is 1. The van der Waals surface area contributed by atoms with Crippen LogP contribution in [0.15, 0.2) is 36.4 Å². The molecule has 0 fully saturated rings. The Morgan fingerprint density at radius 2 is 2.07 bits per heavy atom. The Morgan fingerprint density at radius 1 is 1.29 bits per heavy atom. The molecule has 0 bridgehead atoms. The molecule has 2 aromatic rings. The lowest BCUT2D eigenvalue weighted by molar-refractivity contribution is -0.116. The van der Waals surface area contributed by atoms with Crippen molar-refractivity contribution in [3.63, 3.8) is 0 Å². The molecule has 2 N–H and O–H groups in total. The Balaban J connectivity index is 1.74. The Hall–Kier alpha value is -3.02. The second-order valence-electron chi connectivity index (χ2n) is 7.01. The molecule has 6 heteroatoms. The molecule has 1 aliphatic heterocycles. The van der Waals surface area contributed by atoms with Gasteiger partial charge in [-0.05, 0) is 45.9 Å². The topological polar surface area (TPSA) is 76.7 Å². The second kappa shape index (κ2) is 8.33. The highest BCUT2D eigenvalue weighted by Crippen LogP contribution is 2.38. The van der Waals surface area contributed by atoms with Crippen molar-refractivity contribution in [2.24, 2.45) is 0 Å². The van der Waals surface area contributed by atoms with Crippen molar-refractivity contribution in [2.75, 3.05) is 17.2 Å². The highest BCUT2D eigenvalue weighted by atomic mass is 16.5. The van der Waals surface area contributed by atoms with Crippen molar-refractivity contribution in [2.45, 2.75) is 46.3 Å². The number of anilines is 2. The average molecular weight is 382 g/mol. The minimum atomic E-state index is -0.517. The first-order chi connectivity index (χ1) is 13.4. The first kappa shape index (κ1) is 19.7. The van der Waals surface area contributed by atoms with Gasteiger partial charge in [-0.25, -0.2) is 0 Å². The lowest BCUT2D eigenvalue weighted by atomic mass is 10.1. The SMILES string of the molecule is CCOc1cc2c(cc1N[C@H](C)C(=O)Nc1cccc(C(C)=O)c1)O[C@@H](C)C2. The van der Waals surface area contributed by atoms with Crippen molar-refractivity contribution in [1.82, 2.24) is 0 Å². The summed E-state index contributed by atoms with van der Waals surface area (Å²) in [4.78, 5) is 24.1. The van der Waals surface area contributed by atoms with E-state index in [-0.39, 0.29) is 17.8 Å². The number of amides is 1. The standard InChI is InChI=1S/C22H26N2O4/c1-5-27-21-11-17-9-13(2)28-20(17)12-19(21)23-14(3)22(26)24-18-8-6-7-16(10-18)15(4)25/h6-8,10-14,23H,5,9H2,1-4H3,(H,24,26)/t13-,14+/m0/s1. The predicted octanol–water partition coefficient (Wildman–Crippen LogP) is 4.05. The molecule has 1 amide bonds. The number of hydrogen-bond donors (Lipinski definition) is 2. The van der Waals surface area contributed by atoms with Crippen LogP contribution in [0.5, 0.6) is 11.5 Å². The fourth-order valence-electron chi connectivity index (χ4n) is 3.19. The molecule has 0 radical (unpaired) electrons. The molecule has 3 rings (SSSR count). The molecular formula is C22H26N2O4. The zero-order valence-electron chi connectivity index (χ0n) is 16.7. The molecule has 0 aliphatic carbocycles. The van der Waals surface area contributed by atoms with Crippen molar-refractivity contribution in [3.05, 3.63) is 47.5 Å². The smallest absolute Gasteiger partial charge is 0.246 e. The van der Waals surface area contributed by atoms with Crippen LogP contribution in [-0.2, 0) is 11.2 Å². The second-order valence-corrected chi connectivity index (χ2v) is 7.01. The molecule has 0 saturated carbocycles. The van der Waals surface area contributed by atoms with Crippen molar-refractivity contribution >= 4 is 23.1 Å². The van der Waals surface area contributed by atoms with Gasteiger partial charge in [-0.15, -0.1) is 0 Å². The predicted molar refractivity (Wildman–Crippen MR) is 110 cm³/mol. The number of benzene rings is 2. The molecule has 1 aliphatic rings. The van der Waals surface area contributed by atoms with E-state index in [0.717, 1.165) is 23.4 Å². The summed E-state index contributed by atoms with van der Waals surface area (Å²) in [7, 11) is 0. The Kier molecular flexibility index (Phi) is 5.87. The van der Waals surface area contributed by atoms with Gasteiger partial charge in [0.25, 0.3) is 0 Å². The van der Waals surface area contributed by atoms with Crippen LogP contribution in [-0.4, -0.2) is 30.4 Å². The zero-order valence-corrected chi connectivity index (χ0v) is 16.7. The van der Waals surface area contributed by atoms with Crippen molar-refractivity contribution in [3.8, 4) is 11.5 Å². The normalized spacial score (nSPS) is 15.9. The molecular weight excluding hydrogens is 356 g/mol. The number of ether oxygens (including phenoxy) is 2. The van der Waals surface area contributed by atoms with Crippen LogP contribution >= 0.6 is 0 Å². The number of carbonyl (C=O) groups excluding carboxylic acids is 2. The van der Waals surface area contributed by atoms with E-state index in [0.29, 0.717) is 23.6 Å². The summed E-state index contributed by atoms with van der Waals surface area (Å²) >= 11 is 0. The summed E-state index contributed by atoms with van der Waals surface area (Å²) in [6.45, 7) is 7.75. The van der Waals surface area contributed by atoms with Gasteiger partial charge in [0, 0.05) is 29.3 Å². The van der Waals surface area contributed by atoms with Crippen LogP contribution in [0.25, 0.3) is 0 Å². The summed E-state index contributed by atoms with van der Waals surface area (Å²) < 4.78 is 11.6. The fraction of sp³-hybridized carbons (Fsp3) is 0.364. The lowest BCUT2D eigenvalue weighted by Crippen LogP contribution is -2.32. The minimum absolute atomic E-state index is 0.0454. The van der Waals surface area contributed by atoms with E-state index in [1.54, 1.807) is 31.2 Å². The van der Waals surface area contributed by atoms with Gasteiger partial charge in [0.05, 0.1) is 12.3 Å². The number of carbonyl (C=O) groups is 2. The Bertz CT molecular complexity index is 894. The van der Waals surface area contributed by atoms with Crippen LogP contribution in [0.2, 0.25) is 0 Å². The highest BCUT2D eigenvalue weighted by molar-refractivity contribution is 5.99. The van der Waals surface area contributed by atoms with Crippen LogP contribution in [0.3, 0.4) is 0 Å². The molecule has 0 aromatic heterocycles. The third-order valence-corrected chi connectivity index (χ3v) is 4.60. The molecule has 28 heavy (non-hydrogen) atoms. The number of nitrogens with one attached hydrogen (secondary N) is 2. The molecule has 148 valence electrons. The fourth-order valence-corrected chi connectivity index (χ4v) is 3.19. The maximum atomic E-state index is 12.6. The molecule has 0 saturated heterocycles. The zero-order chi connectivity index (χ0) is 20.3.